The zero-order valence-electron chi connectivity index (χ0n) is 10.3. The van der Waals surface area contributed by atoms with Crippen molar-refractivity contribution in [3.05, 3.63) is 24.0 Å². The molecule has 0 bridgehead atoms. The minimum Gasteiger partial charge on any atom is -0.369 e. The summed E-state index contributed by atoms with van der Waals surface area (Å²) >= 11 is 0. The van der Waals surface area contributed by atoms with Crippen molar-refractivity contribution >= 4 is 11.6 Å². The van der Waals surface area contributed by atoms with Crippen LogP contribution in [0.25, 0.3) is 0 Å². The summed E-state index contributed by atoms with van der Waals surface area (Å²) in [7, 11) is 3.48. The Balaban J connectivity index is 2.18. The molecule has 1 aromatic rings. The molecule has 1 aliphatic rings. The molecule has 0 unspecified atom stereocenters. The number of hydrogen-bond donors (Lipinski definition) is 1. The molecule has 1 amide bonds. The summed E-state index contributed by atoms with van der Waals surface area (Å²) in [6.07, 6.45) is 1.70. The molecule has 0 atom stereocenters. The van der Waals surface area contributed by atoms with E-state index in [9.17, 15) is 4.79 Å². The van der Waals surface area contributed by atoms with E-state index in [1.807, 2.05) is 12.1 Å². The molecular weight excluding hydrogens is 216 g/mol. The van der Waals surface area contributed by atoms with E-state index in [1.54, 1.807) is 25.2 Å². The molecule has 1 fully saturated rings. The molecule has 0 aromatic carbocycles. The Bertz CT molecular complexity index is 399. The van der Waals surface area contributed by atoms with E-state index in [1.165, 1.54) is 0 Å². The number of pyridine rings is 1. The first-order valence-electron chi connectivity index (χ1n) is 5.82. The number of rotatable bonds is 2. The van der Waals surface area contributed by atoms with Crippen LogP contribution in [0.4, 0.5) is 5.69 Å². The lowest BCUT2D eigenvalue weighted by Crippen LogP contribution is -2.43. The smallest absolute Gasteiger partial charge is 0.272 e. The maximum Gasteiger partial charge on any atom is 0.272 e. The lowest BCUT2D eigenvalue weighted by atomic mass is 10.2. The van der Waals surface area contributed by atoms with Crippen molar-refractivity contribution in [1.82, 2.24) is 15.2 Å². The van der Waals surface area contributed by atoms with Crippen LogP contribution in [-0.2, 0) is 0 Å². The van der Waals surface area contributed by atoms with Gasteiger partial charge in [-0.25, -0.2) is 0 Å². The topological polar surface area (TPSA) is 48.5 Å². The summed E-state index contributed by atoms with van der Waals surface area (Å²) in [5.74, 6) is -0.0537. The molecule has 1 aromatic heterocycles. The molecule has 2 rings (SSSR count). The molecule has 0 aliphatic carbocycles. The summed E-state index contributed by atoms with van der Waals surface area (Å²) in [5, 5.41) is 3.31. The van der Waals surface area contributed by atoms with Crippen LogP contribution in [0.1, 0.15) is 10.5 Å². The first kappa shape index (κ1) is 11.9. The van der Waals surface area contributed by atoms with Gasteiger partial charge in [-0.1, -0.05) is 0 Å². The lowest BCUT2D eigenvalue weighted by molar-refractivity contribution is 0.0822. The van der Waals surface area contributed by atoms with Gasteiger partial charge in [0.15, 0.2) is 0 Å². The van der Waals surface area contributed by atoms with Gasteiger partial charge in [-0.2, -0.15) is 0 Å². The molecule has 0 saturated carbocycles. The fraction of sp³-hybridized carbons (Fsp3) is 0.500. The maximum absolute atomic E-state index is 11.8. The molecule has 17 heavy (non-hydrogen) atoms. The van der Waals surface area contributed by atoms with E-state index in [2.05, 4.69) is 15.2 Å². The highest BCUT2D eigenvalue weighted by Gasteiger charge is 2.14. The van der Waals surface area contributed by atoms with Crippen molar-refractivity contribution < 1.29 is 4.79 Å². The van der Waals surface area contributed by atoms with Crippen molar-refractivity contribution in [3.8, 4) is 0 Å². The number of nitrogens with zero attached hydrogens (tertiary/aromatic N) is 3. The quantitative estimate of drug-likeness (QED) is 0.794. The number of nitrogens with one attached hydrogen (secondary N) is 1. The monoisotopic (exact) mass is 234 g/mol. The van der Waals surface area contributed by atoms with Gasteiger partial charge in [0.1, 0.15) is 5.69 Å². The van der Waals surface area contributed by atoms with Gasteiger partial charge in [0.25, 0.3) is 5.91 Å². The second-order valence-electron chi connectivity index (χ2n) is 4.34. The van der Waals surface area contributed by atoms with Crippen LogP contribution in [0.2, 0.25) is 0 Å². The fourth-order valence-corrected chi connectivity index (χ4v) is 1.89. The Morgan fingerprint density at radius 1 is 1.41 bits per heavy atom. The summed E-state index contributed by atoms with van der Waals surface area (Å²) < 4.78 is 0. The minimum absolute atomic E-state index is 0.0537. The molecule has 1 aliphatic heterocycles. The Hall–Kier alpha value is -1.62. The average Bonchev–Trinajstić information content (AvgIpc) is 2.39. The van der Waals surface area contributed by atoms with Crippen LogP contribution in [0.15, 0.2) is 18.3 Å². The van der Waals surface area contributed by atoms with E-state index >= 15 is 0 Å². The van der Waals surface area contributed by atoms with Crippen molar-refractivity contribution in [2.45, 2.75) is 0 Å². The predicted molar refractivity (Wildman–Crippen MR) is 67.3 cm³/mol. The number of amides is 1. The van der Waals surface area contributed by atoms with Gasteiger partial charge < -0.3 is 15.1 Å². The van der Waals surface area contributed by atoms with Crippen LogP contribution >= 0.6 is 0 Å². The Morgan fingerprint density at radius 2 is 2.12 bits per heavy atom. The highest BCUT2D eigenvalue weighted by atomic mass is 16.2. The molecule has 92 valence electrons. The van der Waals surface area contributed by atoms with Gasteiger partial charge in [0, 0.05) is 52.2 Å². The van der Waals surface area contributed by atoms with E-state index in [4.69, 9.17) is 0 Å². The number of carbonyl (C=O) groups excluding carboxylic acids is 1. The molecule has 5 nitrogen and oxygen atoms in total. The third kappa shape index (κ3) is 2.74. The fourth-order valence-electron chi connectivity index (χ4n) is 1.89. The zero-order valence-corrected chi connectivity index (χ0v) is 10.3. The molecule has 0 radical (unpaired) electrons. The molecule has 1 saturated heterocycles. The largest absolute Gasteiger partial charge is 0.369 e. The molecule has 5 heteroatoms. The SMILES string of the molecule is CN(C)C(=O)c1cc(N2CCNCC2)ccn1. The highest BCUT2D eigenvalue weighted by Crippen LogP contribution is 2.15. The third-order valence-electron chi connectivity index (χ3n) is 2.85. The predicted octanol–water partition coefficient (Wildman–Crippen LogP) is 0.193. The molecule has 0 spiro atoms. The van der Waals surface area contributed by atoms with Crippen LogP contribution in [0, 0.1) is 0 Å². The van der Waals surface area contributed by atoms with Gasteiger partial charge in [0.05, 0.1) is 0 Å². The van der Waals surface area contributed by atoms with Crippen LogP contribution in [-0.4, -0.2) is 56.1 Å². The highest BCUT2D eigenvalue weighted by molar-refractivity contribution is 5.92. The molecule has 1 N–H and O–H groups in total. The summed E-state index contributed by atoms with van der Waals surface area (Å²) in [6, 6.07) is 3.82. The number of aromatic nitrogens is 1. The maximum atomic E-state index is 11.8. The van der Waals surface area contributed by atoms with Crippen molar-refractivity contribution in [2.75, 3.05) is 45.2 Å². The summed E-state index contributed by atoms with van der Waals surface area (Å²) in [6.45, 7) is 3.91. The van der Waals surface area contributed by atoms with Crippen molar-refractivity contribution in [1.29, 1.82) is 0 Å². The summed E-state index contributed by atoms with van der Waals surface area (Å²) in [5.41, 5.74) is 1.58. The van der Waals surface area contributed by atoms with Crippen LogP contribution < -0.4 is 10.2 Å². The Morgan fingerprint density at radius 3 is 2.76 bits per heavy atom. The second kappa shape index (κ2) is 5.14. The van der Waals surface area contributed by atoms with E-state index in [0.717, 1.165) is 31.9 Å². The van der Waals surface area contributed by atoms with E-state index < -0.39 is 0 Å². The van der Waals surface area contributed by atoms with E-state index in [-0.39, 0.29) is 5.91 Å². The van der Waals surface area contributed by atoms with Crippen molar-refractivity contribution in [3.63, 3.8) is 0 Å². The molecule has 2 heterocycles. The van der Waals surface area contributed by atoms with Gasteiger partial charge in [-0.05, 0) is 12.1 Å². The first-order valence-corrected chi connectivity index (χ1v) is 5.82. The van der Waals surface area contributed by atoms with Gasteiger partial charge >= 0.3 is 0 Å². The standard InChI is InChI=1S/C12H18N4O/c1-15(2)12(17)11-9-10(3-4-14-11)16-7-5-13-6-8-16/h3-4,9,13H,5-8H2,1-2H3. The second-order valence-corrected chi connectivity index (χ2v) is 4.34. The van der Waals surface area contributed by atoms with Gasteiger partial charge in [-0.15, -0.1) is 0 Å². The lowest BCUT2D eigenvalue weighted by Gasteiger charge is -2.29. The number of hydrogen-bond acceptors (Lipinski definition) is 4. The van der Waals surface area contributed by atoms with Crippen LogP contribution in [0.3, 0.4) is 0 Å². The van der Waals surface area contributed by atoms with Gasteiger partial charge in [-0.3, -0.25) is 9.78 Å². The summed E-state index contributed by atoms with van der Waals surface area (Å²) in [4.78, 5) is 19.7. The number of piperazine rings is 1. The van der Waals surface area contributed by atoms with E-state index in [0.29, 0.717) is 5.69 Å². The Kier molecular flexibility index (Phi) is 3.58. The number of anilines is 1. The van der Waals surface area contributed by atoms with Crippen LogP contribution in [0.5, 0.6) is 0 Å². The Labute approximate surface area is 101 Å². The van der Waals surface area contributed by atoms with Gasteiger partial charge in [0.2, 0.25) is 0 Å². The van der Waals surface area contributed by atoms with Crippen molar-refractivity contribution in [2.24, 2.45) is 0 Å². The first-order chi connectivity index (χ1) is 8.18. The zero-order chi connectivity index (χ0) is 12.3. The number of carbonyl (C=O) groups is 1. The molecular formula is C12H18N4O. The normalized spacial score (nSPS) is 15.8. The third-order valence-corrected chi connectivity index (χ3v) is 2.85. The minimum atomic E-state index is -0.0537. The average molecular weight is 234 g/mol.